The van der Waals surface area contributed by atoms with Gasteiger partial charge in [0.25, 0.3) is 0 Å². The maximum absolute atomic E-state index is 13.2. The summed E-state index contributed by atoms with van der Waals surface area (Å²) in [4.78, 5) is 41.0. The fourth-order valence-corrected chi connectivity index (χ4v) is 5.63. The molecule has 8 nitrogen and oxygen atoms in total. The van der Waals surface area contributed by atoms with Crippen LogP contribution >= 0.6 is 11.8 Å². The first-order valence-electron chi connectivity index (χ1n) is 11.2. The van der Waals surface area contributed by atoms with Crippen LogP contribution in [0.25, 0.3) is 0 Å². The Hall–Kier alpha value is -1.87. The summed E-state index contributed by atoms with van der Waals surface area (Å²) in [6.07, 6.45) is 5.89. The molecular weight excluding hydrogens is 414 g/mol. The van der Waals surface area contributed by atoms with Crippen LogP contribution in [0.15, 0.2) is 18.5 Å². The summed E-state index contributed by atoms with van der Waals surface area (Å²) < 4.78 is 5.65. The van der Waals surface area contributed by atoms with Gasteiger partial charge in [-0.25, -0.2) is 14.8 Å². The molecule has 1 aromatic heterocycles. The lowest BCUT2D eigenvalue weighted by atomic mass is 9.94. The number of piperidine rings is 1. The zero-order valence-electron chi connectivity index (χ0n) is 18.7. The van der Waals surface area contributed by atoms with Crippen LogP contribution in [0.5, 0.6) is 0 Å². The van der Waals surface area contributed by atoms with Gasteiger partial charge in [-0.2, -0.15) is 0 Å². The maximum Gasteiger partial charge on any atom is 0.411 e. The van der Waals surface area contributed by atoms with Gasteiger partial charge in [0, 0.05) is 43.2 Å². The first-order chi connectivity index (χ1) is 14.8. The van der Waals surface area contributed by atoms with Crippen LogP contribution in [-0.2, 0) is 9.53 Å². The van der Waals surface area contributed by atoms with Crippen molar-refractivity contribution in [1.82, 2.24) is 24.7 Å². The summed E-state index contributed by atoms with van der Waals surface area (Å²) in [6.45, 7) is 8.75. The van der Waals surface area contributed by atoms with Gasteiger partial charge in [-0.15, -0.1) is 11.8 Å². The quantitative estimate of drug-likeness (QED) is 0.705. The second-order valence-corrected chi connectivity index (χ2v) is 10.7. The normalized spacial score (nSPS) is 25.8. The molecule has 0 spiro atoms. The zero-order chi connectivity index (χ0) is 22.0. The average molecular weight is 448 g/mol. The second kappa shape index (κ2) is 9.32. The number of hydrogen-bond acceptors (Lipinski definition) is 7. The van der Waals surface area contributed by atoms with Crippen molar-refractivity contribution in [3.05, 3.63) is 24.3 Å². The first kappa shape index (κ1) is 22.3. The van der Waals surface area contributed by atoms with Gasteiger partial charge in [-0.1, -0.05) is 0 Å². The van der Waals surface area contributed by atoms with Crippen LogP contribution in [0, 0.1) is 0 Å². The zero-order valence-corrected chi connectivity index (χ0v) is 19.5. The van der Waals surface area contributed by atoms with Crippen LogP contribution in [0.1, 0.15) is 51.8 Å². The van der Waals surface area contributed by atoms with Gasteiger partial charge < -0.3 is 9.64 Å². The third-order valence-corrected chi connectivity index (χ3v) is 7.22. The number of carbonyl (C=O) groups is 2. The van der Waals surface area contributed by atoms with E-state index in [4.69, 9.17) is 4.74 Å². The summed E-state index contributed by atoms with van der Waals surface area (Å²) in [5.41, 5.74) is -0.583. The standard InChI is InChI=1S/C22H33N5O3S/c1-22(2,3)30-21(29)27-14-17(13-18(27)20(28)26-11-12-31-15-26)25-9-5-16(6-10-25)19-23-7-4-8-24-19/h4,7-8,16-18H,5-6,9-15H2,1-3H3/t17-,18-/m0/s1. The highest BCUT2D eigenvalue weighted by Gasteiger charge is 2.45. The molecule has 1 aromatic rings. The summed E-state index contributed by atoms with van der Waals surface area (Å²) in [7, 11) is 0. The number of likely N-dealkylation sites (tertiary alicyclic amines) is 2. The van der Waals surface area contributed by atoms with Gasteiger partial charge in [0.2, 0.25) is 5.91 Å². The molecule has 0 N–H and O–H groups in total. The molecule has 31 heavy (non-hydrogen) atoms. The van der Waals surface area contributed by atoms with Gasteiger partial charge in [-0.3, -0.25) is 14.6 Å². The number of carbonyl (C=O) groups excluding carboxylic acids is 2. The lowest BCUT2D eigenvalue weighted by molar-refractivity contribution is -0.134. The topological polar surface area (TPSA) is 78.9 Å². The van der Waals surface area contributed by atoms with E-state index in [9.17, 15) is 9.59 Å². The van der Waals surface area contributed by atoms with Crippen molar-refractivity contribution in [2.75, 3.05) is 37.8 Å². The number of aromatic nitrogens is 2. The lowest BCUT2D eigenvalue weighted by Gasteiger charge is -2.35. The monoisotopic (exact) mass is 447 g/mol. The molecule has 3 aliphatic rings. The Bertz CT molecular complexity index is 773. The Morgan fingerprint density at radius 2 is 1.84 bits per heavy atom. The predicted octanol–water partition coefficient (Wildman–Crippen LogP) is 2.57. The van der Waals surface area contributed by atoms with Crippen molar-refractivity contribution in [3.8, 4) is 0 Å². The van der Waals surface area contributed by atoms with Crippen LogP contribution in [0.2, 0.25) is 0 Å². The highest BCUT2D eigenvalue weighted by atomic mass is 32.2. The average Bonchev–Trinajstić information content (AvgIpc) is 3.43. The second-order valence-electron chi connectivity index (χ2n) is 9.59. The van der Waals surface area contributed by atoms with Gasteiger partial charge in [0.1, 0.15) is 17.5 Å². The Morgan fingerprint density at radius 1 is 1.13 bits per heavy atom. The summed E-state index contributed by atoms with van der Waals surface area (Å²) in [5, 5.41) is 0. The van der Waals surface area contributed by atoms with Crippen LogP contribution in [0.4, 0.5) is 4.79 Å². The van der Waals surface area contributed by atoms with E-state index in [-0.39, 0.29) is 18.0 Å². The van der Waals surface area contributed by atoms with Crippen molar-refractivity contribution < 1.29 is 14.3 Å². The number of nitrogens with zero attached hydrogens (tertiary/aromatic N) is 5. The van der Waals surface area contributed by atoms with Crippen molar-refractivity contribution in [1.29, 1.82) is 0 Å². The van der Waals surface area contributed by atoms with Crippen LogP contribution < -0.4 is 0 Å². The SMILES string of the molecule is CC(C)(C)OC(=O)N1C[C@@H](N2CCC(c3ncccn3)CC2)C[C@H]1C(=O)N1CCSC1. The van der Waals surface area contributed by atoms with Crippen molar-refractivity contribution in [3.63, 3.8) is 0 Å². The van der Waals surface area contributed by atoms with E-state index >= 15 is 0 Å². The summed E-state index contributed by atoms with van der Waals surface area (Å²) >= 11 is 1.76. The molecule has 3 saturated heterocycles. The Labute approximate surface area is 188 Å². The third-order valence-electron chi connectivity index (χ3n) is 6.25. The number of ether oxygens (including phenoxy) is 1. The van der Waals surface area contributed by atoms with Crippen molar-refractivity contribution >= 4 is 23.8 Å². The molecule has 0 radical (unpaired) electrons. The lowest BCUT2D eigenvalue weighted by Crippen LogP contribution is -2.48. The molecule has 0 unspecified atom stereocenters. The number of thioether (sulfide) groups is 1. The Kier molecular flexibility index (Phi) is 6.71. The largest absolute Gasteiger partial charge is 0.444 e. The Morgan fingerprint density at radius 3 is 2.45 bits per heavy atom. The van der Waals surface area contributed by atoms with Crippen LogP contribution in [0.3, 0.4) is 0 Å². The number of rotatable bonds is 3. The van der Waals surface area contributed by atoms with E-state index < -0.39 is 11.6 Å². The summed E-state index contributed by atoms with van der Waals surface area (Å²) in [6, 6.07) is 1.58. The van der Waals surface area contributed by atoms with E-state index in [1.54, 1.807) is 29.1 Å². The van der Waals surface area contributed by atoms with E-state index in [2.05, 4.69) is 14.9 Å². The predicted molar refractivity (Wildman–Crippen MR) is 120 cm³/mol. The first-order valence-corrected chi connectivity index (χ1v) is 12.3. The fraction of sp³-hybridized carbons (Fsp3) is 0.727. The minimum Gasteiger partial charge on any atom is -0.444 e. The molecule has 2 amide bonds. The molecule has 2 atom stereocenters. The van der Waals surface area contributed by atoms with Gasteiger partial charge in [0.05, 0.1) is 5.88 Å². The highest BCUT2D eigenvalue weighted by Crippen LogP contribution is 2.32. The van der Waals surface area contributed by atoms with E-state index in [1.165, 1.54) is 0 Å². The fourth-order valence-electron chi connectivity index (χ4n) is 4.68. The minimum atomic E-state index is -0.583. The van der Waals surface area contributed by atoms with Gasteiger partial charge in [-0.05, 0) is 59.2 Å². The minimum absolute atomic E-state index is 0.0610. The molecule has 3 fully saturated rings. The molecule has 170 valence electrons. The maximum atomic E-state index is 13.2. The molecule has 3 aliphatic heterocycles. The molecule has 0 saturated carbocycles. The molecule has 9 heteroatoms. The molecule has 0 aromatic carbocycles. The van der Waals surface area contributed by atoms with Crippen LogP contribution in [-0.4, -0.2) is 92.2 Å². The third kappa shape index (κ3) is 5.31. The Balaban J connectivity index is 1.43. The molecular formula is C22H33N5O3S. The van der Waals surface area contributed by atoms with Crippen molar-refractivity contribution in [2.24, 2.45) is 0 Å². The molecule has 4 rings (SSSR count). The smallest absolute Gasteiger partial charge is 0.411 e. The highest BCUT2D eigenvalue weighted by molar-refractivity contribution is 7.99. The molecule has 0 bridgehead atoms. The number of amides is 2. The van der Waals surface area contributed by atoms with Crippen molar-refractivity contribution in [2.45, 2.75) is 63.6 Å². The van der Waals surface area contributed by atoms with Gasteiger partial charge >= 0.3 is 6.09 Å². The van der Waals surface area contributed by atoms with E-state index in [0.717, 1.165) is 44.1 Å². The number of hydrogen-bond donors (Lipinski definition) is 0. The molecule has 0 aliphatic carbocycles. The van der Waals surface area contributed by atoms with E-state index in [0.29, 0.717) is 24.8 Å². The van der Waals surface area contributed by atoms with E-state index in [1.807, 2.05) is 31.7 Å². The summed E-state index contributed by atoms with van der Waals surface area (Å²) in [5.74, 6) is 3.03. The van der Waals surface area contributed by atoms with Gasteiger partial charge in [0.15, 0.2) is 0 Å². The molecule has 4 heterocycles.